The van der Waals surface area contributed by atoms with E-state index in [0.29, 0.717) is 5.75 Å². The molecule has 0 heterocycles. The Hall–Kier alpha value is -2.25. The van der Waals surface area contributed by atoms with E-state index in [2.05, 4.69) is 0 Å². The monoisotopic (exact) mass is 305 g/mol. The number of carbonyl (C=O) groups excluding carboxylic acids is 2. The minimum absolute atomic E-state index is 0.0202. The predicted octanol–water partition coefficient (Wildman–Crippen LogP) is 1.95. The van der Waals surface area contributed by atoms with Crippen molar-refractivity contribution in [3.8, 4) is 11.5 Å². The molecule has 1 atom stereocenters. The molecule has 0 aliphatic heterocycles. The quantitative estimate of drug-likeness (QED) is 0.845. The van der Waals surface area contributed by atoms with Gasteiger partial charge < -0.3 is 14.8 Å². The maximum atomic E-state index is 12.2. The van der Waals surface area contributed by atoms with Crippen LogP contribution < -0.4 is 14.8 Å². The van der Waals surface area contributed by atoms with Crippen molar-refractivity contribution in [3.05, 3.63) is 23.8 Å². The number of hydrogen-bond donors (Lipinski definition) is 1. The Morgan fingerprint density at radius 1 is 1.19 bits per heavy atom. The molecular weight excluding hydrogens is 291 g/mol. The van der Waals surface area contributed by atoms with Gasteiger partial charge in [-0.3, -0.25) is 9.59 Å². The molecule has 0 radical (unpaired) electrons. The highest BCUT2D eigenvalue weighted by Gasteiger charge is 2.40. The SMILES string of the molecule is COc1ccc(OC)c(C(=O)[C@@H](C)NC(=O)C(F)(F)F)c1. The van der Waals surface area contributed by atoms with E-state index >= 15 is 0 Å². The summed E-state index contributed by atoms with van der Waals surface area (Å²) in [6.07, 6.45) is -5.05. The van der Waals surface area contributed by atoms with E-state index in [1.807, 2.05) is 0 Å². The molecule has 0 aromatic heterocycles. The van der Waals surface area contributed by atoms with Gasteiger partial charge >= 0.3 is 12.1 Å². The van der Waals surface area contributed by atoms with E-state index in [-0.39, 0.29) is 11.3 Å². The summed E-state index contributed by atoms with van der Waals surface area (Å²) in [5, 5.41) is 1.60. The number of halogens is 3. The summed E-state index contributed by atoms with van der Waals surface area (Å²) in [6, 6.07) is 2.95. The molecule has 1 N–H and O–H groups in total. The first-order valence-electron chi connectivity index (χ1n) is 5.84. The minimum atomic E-state index is -5.05. The number of Topliss-reactive ketones (excluding diaryl/α,β-unsaturated/α-hetero) is 1. The third-order valence-corrected chi connectivity index (χ3v) is 2.67. The molecule has 21 heavy (non-hydrogen) atoms. The Kier molecular flexibility index (Phi) is 5.17. The molecule has 0 spiro atoms. The summed E-state index contributed by atoms with van der Waals surface area (Å²) in [7, 11) is 2.70. The van der Waals surface area contributed by atoms with Gasteiger partial charge in [0.2, 0.25) is 0 Å². The van der Waals surface area contributed by atoms with Crippen LogP contribution in [0.1, 0.15) is 17.3 Å². The van der Waals surface area contributed by atoms with Crippen LogP contribution in [0.5, 0.6) is 11.5 Å². The summed E-state index contributed by atoms with van der Waals surface area (Å²) in [6.45, 7) is 1.16. The number of alkyl halides is 3. The Labute approximate surface area is 119 Å². The molecule has 1 aromatic carbocycles. The van der Waals surface area contributed by atoms with Gasteiger partial charge in [0.15, 0.2) is 5.78 Å². The van der Waals surface area contributed by atoms with Crippen LogP contribution in [-0.4, -0.2) is 38.1 Å². The molecule has 1 amide bonds. The van der Waals surface area contributed by atoms with Crippen molar-refractivity contribution < 1.29 is 32.2 Å². The van der Waals surface area contributed by atoms with Crippen molar-refractivity contribution in [2.24, 2.45) is 0 Å². The second-order valence-corrected chi connectivity index (χ2v) is 4.12. The minimum Gasteiger partial charge on any atom is -0.497 e. The summed E-state index contributed by atoms with van der Waals surface area (Å²) in [5.41, 5.74) is 0.0202. The fourth-order valence-electron chi connectivity index (χ4n) is 1.58. The number of rotatable bonds is 5. The molecule has 0 fully saturated rings. The molecule has 0 saturated heterocycles. The van der Waals surface area contributed by atoms with Crippen LogP contribution in [0.3, 0.4) is 0 Å². The molecule has 0 saturated carbocycles. The van der Waals surface area contributed by atoms with E-state index < -0.39 is 23.9 Å². The van der Waals surface area contributed by atoms with Crippen molar-refractivity contribution in [2.75, 3.05) is 14.2 Å². The molecule has 0 unspecified atom stereocenters. The van der Waals surface area contributed by atoms with Gasteiger partial charge in [-0.25, -0.2) is 0 Å². The Bertz CT molecular complexity index is 543. The number of methoxy groups -OCH3 is 2. The number of ether oxygens (including phenoxy) is 2. The lowest BCUT2D eigenvalue weighted by atomic mass is 10.0. The molecule has 1 rings (SSSR count). The van der Waals surface area contributed by atoms with Crippen LogP contribution in [0.25, 0.3) is 0 Å². The third-order valence-electron chi connectivity index (χ3n) is 2.67. The fourth-order valence-corrected chi connectivity index (χ4v) is 1.58. The lowest BCUT2D eigenvalue weighted by Gasteiger charge is -2.16. The van der Waals surface area contributed by atoms with Crippen LogP contribution in [-0.2, 0) is 4.79 Å². The van der Waals surface area contributed by atoms with Crippen molar-refractivity contribution in [1.82, 2.24) is 5.32 Å². The van der Waals surface area contributed by atoms with Crippen molar-refractivity contribution >= 4 is 11.7 Å². The maximum absolute atomic E-state index is 12.2. The Morgan fingerprint density at radius 3 is 2.29 bits per heavy atom. The number of ketones is 1. The molecule has 0 aliphatic carbocycles. The molecule has 5 nitrogen and oxygen atoms in total. The van der Waals surface area contributed by atoms with E-state index in [0.717, 1.165) is 6.92 Å². The van der Waals surface area contributed by atoms with E-state index in [1.54, 1.807) is 5.32 Å². The van der Waals surface area contributed by atoms with Gasteiger partial charge in [0.05, 0.1) is 25.8 Å². The number of hydrogen-bond acceptors (Lipinski definition) is 4. The lowest BCUT2D eigenvalue weighted by molar-refractivity contribution is -0.173. The highest BCUT2D eigenvalue weighted by molar-refractivity contribution is 6.04. The van der Waals surface area contributed by atoms with Crippen LogP contribution in [0, 0.1) is 0 Å². The van der Waals surface area contributed by atoms with Gasteiger partial charge in [-0.1, -0.05) is 0 Å². The number of carbonyl (C=O) groups is 2. The smallest absolute Gasteiger partial charge is 0.471 e. The number of benzene rings is 1. The van der Waals surface area contributed by atoms with Crippen LogP contribution in [0.4, 0.5) is 13.2 Å². The molecule has 8 heteroatoms. The Balaban J connectivity index is 2.99. The second-order valence-electron chi connectivity index (χ2n) is 4.12. The first kappa shape index (κ1) is 16.8. The highest BCUT2D eigenvalue weighted by Crippen LogP contribution is 2.25. The first-order valence-corrected chi connectivity index (χ1v) is 5.84. The topological polar surface area (TPSA) is 64.6 Å². The molecule has 0 aliphatic rings. The van der Waals surface area contributed by atoms with Gasteiger partial charge in [0, 0.05) is 0 Å². The molecule has 0 bridgehead atoms. The van der Waals surface area contributed by atoms with Gasteiger partial charge in [-0.15, -0.1) is 0 Å². The van der Waals surface area contributed by atoms with E-state index in [4.69, 9.17) is 9.47 Å². The summed E-state index contributed by atoms with van der Waals surface area (Å²) in [5.74, 6) is -2.38. The first-order chi connectivity index (χ1) is 9.70. The van der Waals surface area contributed by atoms with E-state index in [1.165, 1.54) is 32.4 Å². The fraction of sp³-hybridized carbons (Fsp3) is 0.385. The summed E-state index contributed by atoms with van der Waals surface area (Å²) < 4.78 is 46.4. The van der Waals surface area contributed by atoms with Gasteiger partial charge in [0.1, 0.15) is 11.5 Å². The maximum Gasteiger partial charge on any atom is 0.471 e. The number of nitrogens with one attached hydrogen (secondary N) is 1. The second kappa shape index (κ2) is 6.47. The largest absolute Gasteiger partial charge is 0.497 e. The van der Waals surface area contributed by atoms with Gasteiger partial charge in [-0.2, -0.15) is 13.2 Å². The third kappa shape index (κ3) is 4.11. The standard InChI is InChI=1S/C13H14F3NO4/c1-7(17-12(19)13(14,15)16)11(18)9-6-8(20-2)4-5-10(9)21-3/h4-7H,1-3H3,(H,17,19)/t7-/m1/s1. The predicted molar refractivity (Wildman–Crippen MR) is 67.5 cm³/mol. The van der Waals surface area contributed by atoms with Crippen LogP contribution >= 0.6 is 0 Å². The normalized spacial score (nSPS) is 12.5. The van der Waals surface area contributed by atoms with Gasteiger partial charge in [0.25, 0.3) is 0 Å². The van der Waals surface area contributed by atoms with Crippen molar-refractivity contribution in [2.45, 2.75) is 19.1 Å². The molecular formula is C13H14F3NO4. The van der Waals surface area contributed by atoms with Crippen molar-refractivity contribution in [3.63, 3.8) is 0 Å². The summed E-state index contributed by atoms with van der Waals surface area (Å²) >= 11 is 0. The zero-order valence-electron chi connectivity index (χ0n) is 11.6. The van der Waals surface area contributed by atoms with Crippen molar-refractivity contribution in [1.29, 1.82) is 0 Å². The van der Waals surface area contributed by atoms with E-state index in [9.17, 15) is 22.8 Å². The zero-order valence-corrected chi connectivity index (χ0v) is 11.6. The average Bonchev–Trinajstić information content (AvgIpc) is 2.44. The average molecular weight is 305 g/mol. The van der Waals surface area contributed by atoms with Gasteiger partial charge in [-0.05, 0) is 25.1 Å². The highest BCUT2D eigenvalue weighted by atomic mass is 19.4. The Morgan fingerprint density at radius 2 is 1.81 bits per heavy atom. The number of amides is 1. The molecule has 1 aromatic rings. The summed E-state index contributed by atoms with van der Waals surface area (Å²) in [4.78, 5) is 23.0. The zero-order chi connectivity index (χ0) is 16.2. The van der Waals surface area contributed by atoms with Crippen LogP contribution in [0.15, 0.2) is 18.2 Å². The van der Waals surface area contributed by atoms with Crippen LogP contribution in [0.2, 0.25) is 0 Å². The lowest BCUT2D eigenvalue weighted by Crippen LogP contribution is -2.45. The molecule has 116 valence electrons.